The fourth-order valence-electron chi connectivity index (χ4n) is 17.1. The molecule has 0 unspecified atom stereocenters. The van der Waals surface area contributed by atoms with E-state index in [9.17, 15) is 14.9 Å². The van der Waals surface area contributed by atoms with Crippen molar-refractivity contribution in [3.05, 3.63) is 288 Å². The number of aryl methyl sites for hydroxylation is 5. The van der Waals surface area contributed by atoms with E-state index in [-0.39, 0.29) is 50.2 Å². The number of thiophene rings is 8. The van der Waals surface area contributed by atoms with Gasteiger partial charge in [0.05, 0.1) is 55.2 Å². The van der Waals surface area contributed by atoms with E-state index in [0.717, 1.165) is 234 Å². The van der Waals surface area contributed by atoms with Gasteiger partial charge in [-0.1, -0.05) is 131 Å². The molecule has 19 heteroatoms. The first-order valence-corrected chi connectivity index (χ1v) is 47.3. The number of benzene rings is 3. The lowest BCUT2D eigenvalue weighted by atomic mass is 9.76. The largest absolute Gasteiger partial charge is 0.528 e. The second-order valence-electron chi connectivity index (χ2n) is 30.6. The Labute approximate surface area is 710 Å². The third-order valence-corrected chi connectivity index (χ3v) is 32.9. The zero-order valence-corrected chi connectivity index (χ0v) is 72.5. The molecular formula is C97H88F4N4O3S8. The highest BCUT2D eigenvalue weighted by Crippen LogP contribution is 2.67. The molecule has 15 rings (SSSR count). The number of allylic oxidation sites excluding steroid dienone is 5. The number of carbonyl (C=O) groups excluding carboxylic acids is 2. The fraction of sp³-hybridized carbons (Fsp3) is 0.340. The fourth-order valence-corrected chi connectivity index (χ4v) is 27.6. The molecule has 11 aromatic rings. The summed E-state index contributed by atoms with van der Waals surface area (Å²) in [6.07, 6.45) is 29.3. The Balaban J connectivity index is 0.927. The van der Waals surface area contributed by atoms with Gasteiger partial charge in [0.15, 0.2) is 34.8 Å². The Morgan fingerprint density at radius 3 is 1.16 bits per heavy atom. The molecule has 116 heavy (non-hydrogen) atoms. The maximum Gasteiger partial charge on any atom is 0.528 e. The van der Waals surface area contributed by atoms with Crippen molar-refractivity contribution >= 4 is 126 Å². The minimum absolute atomic E-state index is 0.000520. The molecule has 4 aliphatic rings. The van der Waals surface area contributed by atoms with Gasteiger partial charge in [-0.3, -0.25) is 9.59 Å². The quantitative estimate of drug-likeness (QED) is 0.0132. The van der Waals surface area contributed by atoms with Gasteiger partial charge in [-0.15, -0.1) is 90.7 Å². The van der Waals surface area contributed by atoms with Gasteiger partial charge in [-0.2, -0.15) is 9.69 Å². The second-order valence-corrected chi connectivity index (χ2v) is 39.6. The van der Waals surface area contributed by atoms with Crippen LogP contribution in [0.4, 0.5) is 17.6 Å². The van der Waals surface area contributed by atoms with E-state index in [1.54, 1.807) is 57.5 Å². The van der Waals surface area contributed by atoms with Gasteiger partial charge in [-0.05, 0) is 231 Å². The minimum Gasteiger partial charge on any atom is -0.493 e. The van der Waals surface area contributed by atoms with Crippen molar-refractivity contribution in [3.8, 4) is 52.2 Å². The maximum absolute atomic E-state index is 15.3. The van der Waals surface area contributed by atoms with Crippen LogP contribution in [0.15, 0.2) is 132 Å². The van der Waals surface area contributed by atoms with Crippen molar-refractivity contribution in [3.63, 3.8) is 0 Å². The summed E-state index contributed by atoms with van der Waals surface area (Å²) in [7, 11) is 0. The number of ether oxygens (including phenoxy) is 1. The smallest absolute Gasteiger partial charge is 0.493 e. The van der Waals surface area contributed by atoms with Crippen LogP contribution in [0.1, 0.15) is 271 Å². The molecule has 590 valence electrons. The van der Waals surface area contributed by atoms with Crippen molar-refractivity contribution in [2.24, 2.45) is 0 Å². The summed E-state index contributed by atoms with van der Waals surface area (Å²) in [5.41, 5.74) is 5.40. The molecular weight excluding hydrogens is 1600 g/mol. The summed E-state index contributed by atoms with van der Waals surface area (Å²) in [6, 6.07) is 37.9. The number of unbranched alkanes of at least 4 members (excludes halogenated alkanes) is 15. The van der Waals surface area contributed by atoms with E-state index in [0.29, 0.717) is 16.4 Å². The highest BCUT2D eigenvalue weighted by Gasteiger charge is 2.53. The highest BCUT2D eigenvalue weighted by atomic mass is 32.1. The molecule has 0 amide bonds. The Morgan fingerprint density at radius 1 is 0.414 bits per heavy atom. The van der Waals surface area contributed by atoms with Crippen LogP contribution in [0.2, 0.25) is 0 Å². The molecule has 4 aliphatic carbocycles. The second kappa shape index (κ2) is 35.7. The van der Waals surface area contributed by atoms with E-state index in [1.165, 1.54) is 57.4 Å². The zero-order valence-electron chi connectivity index (χ0n) is 66.0. The Morgan fingerprint density at radius 2 is 0.776 bits per heavy atom. The molecule has 3 aromatic carbocycles. The standard InChI is InChI=1S/C97H88F4N4O3S8/c1-10-15-20-25-30-57-34-38-83(109-57)96(84-39-35-58(110-84)31-26-21-16-11-2)72-47-62(45-70-88(95(104-8)105-9)65-49-76(99)78(101)51-67(65)90(70)107)114-91(72)93-73(96)53-81(115-93)63-52-80(108-42-29-24-19-14-5)68(43-56(63)6)82-54-74-94(116-82)92-71(46-61(113-92)44-69-87(79(55-102)103-7)64-48-75(98)77(100)50-66(64)89(69)106)97(74,85-40-36-59(111-85)32-27-22-17-12-3)86-41-37-60(112-86)33-28-23-18-13-4/h34-41,43-54H,10-33,42H2,1-6H3/b69-44-,70-45-,87-79-. The van der Waals surface area contributed by atoms with E-state index < -0.39 is 51.5 Å². The van der Waals surface area contributed by atoms with E-state index in [4.69, 9.17) is 24.5 Å². The van der Waals surface area contributed by atoms with E-state index in [1.807, 2.05) is 51.4 Å². The number of hydrogen-bond acceptors (Lipinski definition) is 12. The predicted octanol–water partition coefficient (Wildman–Crippen LogP) is 30.8. The number of ketones is 2. The van der Waals surface area contributed by atoms with Crippen LogP contribution in [0.5, 0.6) is 5.75 Å². The van der Waals surface area contributed by atoms with Crippen LogP contribution in [0.3, 0.4) is 0 Å². The number of carbonyl (C=O) groups is 2. The van der Waals surface area contributed by atoms with E-state index >= 15 is 17.6 Å². The molecule has 0 spiro atoms. The minimum atomic E-state index is -1.19. The van der Waals surface area contributed by atoms with Crippen molar-refractivity contribution in [1.29, 1.82) is 5.26 Å². The first-order valence-electron chi connectivity index (χ1n) is 40.8. The van der Waals surface area contributed by atoms with Gasteiger partial charge in [0.2, 0.25) is 0 Å². The highest BCUT2D eigenvalue weighted by molar-refractivity contribution is 7.26. The van der Waals surface area contributed by atoms with Crippen molar-refractivity contribution in [2.75, 3.05) is 6.61 Å². The van der Waals surface area contributed by atoms with Crippen LogP contribution in [-0.2, 0) is 36.5 Å². The zero-order chi connectivity index (χ0) is 81.1. The van der Waals surface area contributed by atoms with Crippen molar-refractivity contribution < 1.29 is 31.9 Å². The van der Waals surface area contributed by atoms with Crippen LogP contribution < -0.4 is 4.74 Å². The number of hydrogen-bond donors (Lipinski definition) is 0. The van der Waals surface area contributed by atoms with Crippen molar-refractivity contribution in [2.45, 2.75) is 206 Å². The number of nitrogens with zero attached hydrogens (tertiary/aromatic N) is 4. The molecule has 0 saturated heterocycles. The number of fused-ring (bicyclic) bond motifs is 8. The van der Waals surface area contributed by atoms with Gasteiger partial charge in [0.1, 0.15) is 18.9 Å². The third-order valence-electron chi connectivity index (χ3n) is 23.0. The molecule has 0 radical (unpaired) electrons. The van der Waals surface area contributed by atoms with Crippen LogP contribution in [-0.4, -0.2) is 18.2 Å². The molecule has 8 heterocycles. The lowest BCUT2D eigenvalue weighted by Crippen LogP contribution is -2.25. The normalized spacial score (nSPS) is 15.1. The Kier molecular flexibility index (Phi) is 25.3. The monoisotopic (exact) mass is 1690 g/mol. The summed E-state index contributed by atoms with van der Waals surface area (Å²) in [4.78, 5) is 57.7. The molecule has 0 fully saturated rings. The molecule has 8 aromatic heterocycles. The number of halogens is 4. The maximum atomic E-state index is 15.3. The van der Waals surface area contributed by atoms with Crippen LogP contribution >= 0.6 is 90.7 Å². The predicted molar refractivity (Wildman–Crippen MR) is 477 cm³/mol. The summed E-state index contributed by atoms with van der Waals surface area (Å²) in [5, 5.41) is 10.4. The molecule has 0 aliphatic heterocycles. The molecule has 0 bridgehead atoms. The third kappa shape index (κ3) is 15.1. The number of Topliss-reactive ketones (excluding diaryl/α,β-unsaturated/α-hetero) is 2. The Bertz CT molecular complexity index is 5840. The molecule has 0 atom stereocenters. The lowest BCUT2D eigenvalue weighted by molar-refractivity contribution is 0.103. The van der Waals surface area contributed by atoms with Gasteiger partial charge in [-0.25, -0.2) is 27.7 Å². The Hall–Kier alpha value is -8.96. The topological polar surface area (TPSA) is 80.2 Å². The summed E-state index contributed by atoms with van der Waals surface area (Å²) in [6.45, 7) is 38.1. The van der Waals surface area contributed by atoms with Gasteiger partial charge >= 0.3 is 5.82 Å². The summed E-state index contributed by atoms with van der Waals surface area (Å²) >= 11 is 14.0. The SMILES string of the molecule is [C-]#[N+]C([N+]#[C-])=C1/C(=C/c2cc3c(s2)-c2sc(-c4cc(OCCCCCC)c(-c5cc6c(s5)-c5sc(/C=C7\C(=O)c8cc(F)c(F)cc8\C7=C(/C#N)[N+]#[C-])cc5C6(c5ccc(CCCCCC)s5)c5ccc(CCCCCC)s5)cc4C)cc2C3(c2ccc(CCCCCC)s2)c2ccc(CCCCCC)s2)C(=O)c2cc(F)c(F)cc21. The summed E-state index contributed by atoms with van der Waals surface area (Å²) < 4.78 is 68.1. The van der Waals surface area contributed by atoms with E-state index in [2.05, 4.69) is 141 Å². The number of nitriles is 1. The molecule has 0 saturated carbocycles. The first kappa shape index (κ1) is 82.2. The van der Waals surface area contributed by atoms with Crippen LogP contribution in [0, 0.1) is 61.2 Å². The average Bonchev–Trinajstić information content (AvgIpc) is 1.52. The van der Waals surface area contributed by atoms with Gasteiger partial charge < -0.3 is 4.74 Å². The molecule has 7 nitrogen and oxygen atoms in total. The summed E-state index contributed by atoms with van der Waals surface area (Å²) in [5.74, 6) is -5.54. The van der Waals surface area contributed by atoms with Crippen LogP contribution in [0.25, 0.3) is 78.2 Å². The number of rotatable bonds is 34. The molecule has 0 N–H and O–H groups in total. The average molecular weight is 1690 g/mol. The van der Waals surface area contributed by atoms with Gasteiger partial charge in [0, 0.05) is 91.9 Å². The van der Waals surface area contributed by atoms with Crippen molar-refractivity contribution in [1.82, 2.24) is 0 Å². The first-order chi connectivity index (χ1) is 56.5. The van der Waals surface area contributed by atoms with Gasteiger partial charge in [0.25, 0.3) is 5.70 Å². The lowest BCUT2D eigenvalue weighted by Gasteiger charge is -2.29.